The molecule has 1 heterocycles. The highest BCUT2D eigenvalue weighted by Crippen LogP contribution is 2.48. The van der Waals surface area contributed by atoms with E-state index in [1.54, 1.807) is 0 Å². The summed E-state index contributed by atoms with van der Waals surface area (Å²) in [6.07, 6.45) is -3.54. The average Bonchev–Trinajstić information content (AvgIpc) is 2.71. The molecule has 0 saturated carbocycles. The number of ketones is 1. The summed E-state index contributed by atoms with van der Waals surface area (Å²) in [5.74, 6) is -4.45. The molecule has 5 nitrogen and oxygen atoms in total. The Morgan fingerprint density at radius 1 is 1.15 bits per heavy atom. The SMILES string of the molecule is [C-]#[N+]c1cc(F)cc(Oc2ccc3c(c2C(F)F)C(=O)C(F)(F)S3(=O)=O)c1. The van der Waals surface area contributed by atoms with Crippen LogP contribution in [0.25, 0.3) is 4.85 Å². The van der Waals surface area contributed by atoms with Gasteiger partial charge in [0, 0.05) is 6.07 Å². The molecule has 0 radical (unpaired) electrons. The van der Waals surface area contributed by atoms with Gasteiger partial charge in [-0.3, -0.25) is 4.79 Å². The molecule has 0 N–H and O–H groups in total. The molecule has 0 saturated heterocycles. The minimum atomic E-state index is -5.47. The molecule has 11 heteroatoms. The van der Waals surface area contributed by atoms with Crippen LogP contribution in [0.4, 0.5) is 27.6 Å². The predicted molar refractivity (Wildman–Crippen MR) is 80.6 cm³/mol. The Hall–Kier alpha value is -3.00. The van der Waals surface area contributed by atoms with E-state index in [0.29, 0.717) is 12.1 Å². The zero-order valence-electron chi connectivity index (χ0n) is 12.8. The zero-order chi connectivity index (χ0) is 20.1. The number of carbonyl (C=O) groups excluding carboxylic acids is 1. The Morgan fingerprint density at radius 3 is 2.41 bits per heavy atom. The molecule has 1 aliphatic heterocycles. The summed E-state index contributed by atoms with van der Waals surface area (Å²) in [5.41, 5.74) is -2.95. The number of rotatable bonds is 3. The van der Waals surface area contributed by atoms with Crippen LogP contribution in [-0.2, 0) is 9.84 Å². The molecule has 27 heavy (non-hydrogen) atoms. The van der Waals surface area contributed by atoms with Crippen molar-refractivity contribution in [2.24, 2.45) is 0 Å². The zero-order valence-corrected chi connectivity index (χ0v) is 13.7. The Kier molecular flexibility index (Phi) is 4.19. The molecule has 3 rings (SSSR count). The lowest BCUT2D eigenvalue weighted by atomic mass is 10.0. The summed E-state index contributed by atoms with van der Waals surface area (Å²) >= 11 is 0. The molecule has 0 spiro atoms. The van der Waals surface area contributed by atoms with Crippen LogP contribution in [0.1, 0.15) is 22.3 Å². The average molecular weight is 403 g/mol. The highest BCUT2D eigenvalue weighted by Gasteiger charge is 2.62. The fraction of sp³-hybridized carbons (Fsp3) is 0.125. The molecule has 1 aliphatic rings. The third-order valence-electron chi connectivity index (χ3n) is 3.72. The fourth-order valence-corrected chi connectivity index (χ4v) is 3.89. The van der Waals surface area contributed by atoms with Gasteiger partial charge in [-0.05, 0) is 24.3 Å². The van der Waals surface area contributed by atoms with Gasteiger partial charge >= 0.3 is 5.25 Å². The molecule has 0 aliphatic carbocycles. The second kappa shape index (κ2) is 6.02. The first-order valence-electron chi connectivity index (χ1n) is 6.99. The first kappa shape index (κ1) is 18.8. The van der Waals surface area contributed by atoms with Crippen molar-refractivity contribution >= 4 is 21.3 Å². The van der Waals surface area contributed by atoms with Crippen molar-refractivity contribution < 1.29 is 39.9 Å². The van der Waals surface area contributed by atoms with E-state index in [0.717, 1.165) is 18.2 Å². The maximum absolute atomic E-state index is 13.8. The molecular formula is C16H6F5NO4S. The Labute approximate surface area is 148 Å². The molecule has 2 aromatic rings. The van der Waals surface area contributed by atoms with Crippen LogP contribution in [0.15, 0.2) is 35.2 Å². The maximum Gasteiger partial charge on any atom is 0.411 e. The lowest BCUT2D eigenvalue weighted by Crippen LogP contribution is -2.30. The molecule has 0 aromatic heterocycles. The number of halogens is 5. The highest BCUT2D eigenvalue weighted by atomic mass is 32.2. The van der Waals surface area contributed by atoms with Crippen LogP contribution >= 0.6 is 0 Å². The van der Waals surface area contributed by atoms with Gasteiger partial charge in [0.2, 0.25) is 5.78 Å². The smallest absolute Gasteiger partial charge is 0.411 e. The van der Waals surface area contributed by atoms with Gasteiger partial charge in [-0.15, -0.1) is 0 Å². The number of benzene rings is 2. The fourth-order valence-electron chi connectivity index (χ4n) is 2.55. The van der Waals surface area contributed by atoms with Crippen molar-refractivity contribution in [3.63, 3.8) is 0 Å². The largest absolute Gasteiger partial charge is 0.458 e. The van der Waals surface area contributed by atoms with Crippen LogP contribution < -0.4 is 4.74 Å². The number of hydrogen-bond donors (Lipinski definition) is 0. The summed E-state index contributed by atoms with van der Waals surface area (Å²) in [5, 5.41) is -4.88. The second-order valence-electron chi connectivity index (χ2n) is 5.36. The molecule has 0 unspecified atom stereocenters. The molecule has 0 bridgehead atoms. The summed E-state index contributed by atoms with van der Waals surface area (Å²) in [7, 11) is -5.47. The van der Waals surface area contributed by atoms with Gasteiger partial charge in [-0.2, -0.15) is 8.78 Å². The van der Waals surface area contributed by atoms with Crippen molar-refractivity contribution in [1.29, 1.82) is 0 Å². The van der Waals surface area contributed by atoms with Crippen LogP contribution in [0.3, 0.4) is 0 Å². The molecule has 0 atom stereocenters. The minimum Gasteiger partial charge on any atom is -0.458 e. The third kappa shape index (κ3) is 2.73. The number of nitrogens with zero attached hydrogens (tertiary/aromatic N) is 1. The molecule has 0 fully saturated rings. The summed E-state index contributed by atoms with van der Waals surface area (Å²) < 4.78 is 96.5. The van der Waals surface area contributed by atoms with Gasteiger partial charge in [0.25, 0.3) is 16.3 Å². The van der Waals surface area contributed by atoms with E-state index in [9.17, 15) is 35.2 Å². The van der Waals surface area contributed by atoms with Crippen LogP contribution in [-0.4, -0.2) is 19.5 Å². The van der Waals surface area contributed by atoms with Crippen molar-refractivity contribution in [3.8, 4) is 11.5 Å². The molecule has 140 valence electrons. The van der Waals surface area contributed by atoms with Crippen molar-refractivity contribution in [1.82, 2.24) is 0 Å². The minimum absolute atomic E-state index is 0.227. The van der Waals surface area contributed by atoms with Gasteiger partial charge in [0.1, 0.15) is 17.3 Å². The highest BCUT2D eigenvalue weighted by molar-refractivity contribution is 7.94. The maximum atomic E-state index is 13.8. The third-order valence-corrected chi connectivity index (χ3v) is 5.50. The van der Waals surface area contributed by atoms with E-state index < -0.39 is 60.6 Å². The van der Waals surface area contributed by atoms with E-state index in [1.807, 2.05) is 0 Å². The van der Waals surface area contributed by atoms with Gasteiger partial charge in [-0.25, -0.2) is 26.4 Å². The molecule has 0 amide bonds. The van der Waals surface area contributed by atoms with E-state index >= 15 is 0 Å². The number of fused-ring (bicyclic) bond motifs is 1. The number of alkyl halides is 4. The van der Waals surface area contributed by atoms with Gasteiger partial charge in [0.15, 0.2) is 5.69 Å². The molecular weight excluding hydrogens is 397 g/mol. The van der Waals surface area contributed by atoms with Gasteiger partial charge in [-0.1, -0.05) is 0 Å². The number of ether oxygens (including phenoxy) is 1. The second-order valence-corrected chi connectivity index (χ2v) is 7.32. The quantitative estimate of drug-likeness (QED) is 0.552. The topological polar surface area (TPSA) is 64.8 Å². The van der Waals surface area contributed by atoms with E-state index in [1.165, 1.54) is 0 Å². The van der Waals surface area contributed by atoms with Crippen molar-refractivity contribution in [2.45, 2.75) is 16.6 Å². The Morgan fingerprint density at radius 2 is 1.81 bits per heavy atom. The first-order valence-corrected chi connectivity index (χ1v) is 8.47. The van der Waals surface area contributed by atoms with Crippen molar-refractivity contribution in [2.75, 3.05) is 0 Å². The standard InChI is InChI=1S/C16H6F5NO4S/c1-22-8-4-7(17)5-9(6-8)26-10-2-3-11-13(12(10)15(18)19)14(23)16(20,21)27(11,24)25/h2-6,15H. The Bertz CT molecular complexity index is 1120. The monoisotopic (exact) mass is 403 g/mol. The Balaban J connectivity index is 2.22. The first-order chi connectivity index (χ1) is 12.5. The normalized spacial score (nSPS) is 16.9. The van der Waals surface area contributed by atoms with Gasteiger partial charge < -0.3 is 4.74 Å². The van der Waals surface area contributed by atoms with E-state index in [4.69, 9.17) is 11.3 Å². The number of hydrogen-bond acceptors (Lipinski definition) is 4. The lowest BCUT2D eigenvalue weighted by molar-refractivity contribution is 0.0541. The number of Topliss-reactive ketones (excluding diaryl/α,β-unsaturated/α-hetero) is 1. The molecule has 2 aromatic carbocycles. The van der Waals surface area contributed by atoms with E-state index in [-0.39, 0.29) is 5.69 Å². The van der Waals surface area contributed by atoms with Crippen LogP contribution in [0, 0.1) is 12.4 Å². The summed E-state index contributed by atoms with van der Waals surface area (Å²) in [4.78, 5) is 13.5. The number of carbonyl (C=O) groups is 1. The summed E-state index contributed by atoms with van der Waals surface area (Å²) in [6.45, 7) is 6.83. The van der Waals surface area contributed by atoms with Crippen LogP contribution in [0.2, 0.25) is 0 Å². The lowest BCUT2D eigenvalue weighted by Gasteiger charge is -2.13. The van der Waals surface area contributed by atoms with Crippen molar-refractivity contribution in [3.05, 3.63) is 58.7 Å². The summed E-state index contributed by atoms with van der Waals surface area (Å²) in [6, 6.07) is 3.78. The number of sulfone groups is 1. The predicted octanol–water partition coefficient (Wildman–Crippen LogP) is 4.67. The van der Waals surface area contributed by atoms with E-state index in [2.05, 4.69) is 4.85 Å². The van der Waals surface area contributed by atoms with Crippen LogP contribution in [0.5, 0.6) is 11.5 Å². The van der Waals surface area contributed by atoms with Gasteiger partial charge in [0.05, 0.1) is 22.6 Å².